The van der Waals surface area contributed by atoms with Crippen LogP contribution in [0.5, 0.6) is 0 Å². The maximum absolute atomic E-state index is 12.7. The molecule has 2 aromatic rings. The number of thiophene rings is 1. The van der Waals surface area contributed by atoms with Crippen molar-refractivity contribution in [2.24, 2.45) is 11.8 Å². The molecule has 4 rings (SSSR count). The van der Waals surface area contributed by atoms with Gasteiger partial charge in [-0.15, -0.1) is 11.3 Å². The van der Waals surface area contributed by atoms with Crippen LogP contribution < -0.4 is 5.32 Å². The van der Waals surface area contributed by atoms with E-state index in [2.05, 4.69) is 17.3 Å². The second kappa shape index (κ2) is 6.05. The smallest absolute Gasteiger partial charge is 0.247 e. The van der Waals surface area contributed by atoms with Gasteiger partial charge in [-0.2, -0.15) is 5.10 Å². The molecule has 2 aromatic heterocycles. The van der Waals surface area contributed by atoms with E-state index in [4.69, 9.17) is 0 Å². The van der Waals surface area contributed by atoms with Gasteiger partial charge in [0.05, 0.1) is 25.3 Å². The fraction of sp³-hybridized carbons (Fsp3) is 0.471. The van der Waals surface area contributed by atoms with E-state index in [1.54, 1.807) is 22.2 Å². The van der Waals surface area contributed by atoms with Crippen LogP contribution in [-0.2, 0) is 22.7 Å². The van der Waals surface area contributed by atoms with Crippen LogP contribution in [0.3, 0.4) is 0 Å². The quantitative estimate of drug-likeness (QED) is 0.920. The number of nitrogens with zero attached hydrogens (tertiary/aromatic N) is 3. The minimum atomic E-state index is -0.457. The third kappa shape index (κ3) is 2.84. The van der Waals surface area contributed by atoms with Crippen LogP contribution in [0.1, 0.15) is 30.0 Å². The molecular weight excluding hydrogens is 324 g/mol. The number of carbonyl (C=O) groups excluding carboxylic acids is 2. The summed E-state index contributed by atoms with van der Waals surface area (Å²) in [6, 6.07) is 5.39. The second-order valence-electron chi connectivity index (χ2n) is 6.62. The molecule has 0 spiro atoms. The maximum atomic E-state index is 12.7. The molecule has 0 radical (unpaired) electrons. The molecule has 0 unspecified atom stereocenters. The lowest BCUT2D eigenvalue weighted by atomic mass is 10.1. The van der Waals surface area contributed by atoms with Crippen LogP contribution >= 0.6 is 11.3 Å². The lowest BCUT2D eigenvalue weighted by Crippen LogP contribution is -2.47. The number of carbonyl (C=O) groups is 2. The Bertz CT molecular complexity index is 754. The van der Waals surface area contributed by atoms with Gasteiger partial charge in [-0.25, -0.2) is 0 Å². The number of nitrogens with one attached hydrogen (secondary N) is 1. The Balaban J connectivity index is 1.48. The van der Waals surface area contributed by atoms with Gasteiger partial charge < -0.3 is 10.2 Å². The zero-order valence-electron chi connectivity index (χ0n) is 13.5. The van der Waals surface area contributed by atoms with E-state index in [0.717, 1.165) is 17.0 Å². The van der Waals surface area contributed by atoms with Crippen molar-refractivity contribution in [2.45, 2.75) is 32.5 Å². The highest BCUT2D eigenvalue weighted by molar-refractivity contribution is 7.09. The maximum Gasteiger partial charge on any atom is 0.247 e. The number of hydrogen-bond donors (Lipinski definition) is 1. The Kier molecular flexibility index (Phi) is 3.88. The summed E-state index contributed by atoms with van der Waals surface area (Å²) in [6.07, 6.45) is 2.66. The topological polar surface area (TPSA) is 67.2 Å². The third-order valence-corrected chi connectivity index (χ3v) is 5.73. The summed E-state index contributed by atoms with van der Waals surface area (Å²) >= 11 is 1.61. The van der Waals surface area contributed by atoms with Crippen molar-refractivity contribution in [3.63, 3.8) is 0 Å². The number of rotatable bonds is 4. The molecule has 0 aromatic carbocycles. The summed E-state index contributed by atoms with van der Waals surface area (Å²) in [6.45, 7) is 3.54. The molecule has 1 saturated carbocycles. The SMILES string of the molecule is C[C@@H]1C[C@@H]1C(=O)N1Cc2ccnn2[C@H](C(=O)NCc2cccs2)C1. The van der Waals surface area contributed by atoms with Gasteiger partial charge in [0.1, 0.15) is 6.04 Å². The first-order valence-corrected chi connectivity index (χ1v) is 9.12. The fourth-order valence-electron chi connectivity index (χ4n) is 3.26. The van der Waals surface area contributed by atoms with E-state index in [-0.39, 0.29) is 17.7 Å². The summed E-state index contributed by atoms with van der Waals surface area (Å²) in [5.41, 5.74) is 0.916. The minimum absolute atomic E-state index is 0.0882. The van der Waals surface area contributed by atoms with Gasteiger partial charge in [-0.3, -0.25) is 14.3 Å². The van der Waals surface area contributed by atoms with E-state index in [1.807, 2.05) is 28.5 Å². The molecule has 3 heterocycles. The Morgan fingerprint density at radius 2 is 2.25 bits per heavy atom. The molecule has 2 amide bonds. The average molecular weight is 344 g/mol. The molecular formula is C17H20N4O2S. The van der Waals surface area contributed by atoms with Gasteiger partial charge in [0.25, 0.3) is 0 Å². The fourth-order valence-corrected chi connectivity index (χ4v) is 3.91. The van der Waals surface area contributed by atoms with Gasteiger partial charge in [-0.05, 0) is 29.9 Å². The van der Waals surface area contributed by atoms with Crippen molar-refractivity contribution in [3.05, 3.63) is 40.3 Å². The van der Waals surface area contributed by atoms with Gasteiger partial charge >= 0.3 is 0 Å². The second-order valence-corrected chi connectivity index (χ2v) is 7.65. The van der Waals surface area contributed by atoms with Gasteiger partial charge in [0.15, 0.2) is 0 Å². The van der Waals surface area contributed by atoms with E-state index < -0.39 is 6.04 Å². The minimum Gasteiger partial charge on any atom is -0.349 e. The Labute approximate surface area is 144 Å². The van der Waals surface area contributed by atoms with Crippen molar-refractivity contribution >= 4 is 23.2 Å². The molecule has 1 fully saturated rings. The predicted octanol–water partition coefficient (Wildman–Crippen LogP) is 1.80. The lowest BCUT2D eigenvalue weighted by molar-refractivity contribution is -0.137. The molecule has 1 aliphatic carbocycles. The normalized spacial score (nSPS) is 25.2. The molecule has 24 heavy (non-hydrogen) atoms. The Hall–Kier alpha value is -2.15. The van der Waals surface area contributed by atoms with Crippen molar-refractivity contribution in [1.82, 2.24) is 20.0 Å². The Morgan fingerprint density at radius 1 is 1.42 bits per heavy atom. The number of fused-ring (bicyclic) bond motifs is 1. The molecule has 1 aliphatic heterocycles. The van der Waals surface area contributed by atoms with Crippen LogP contribution in [0, 0.1) is 11.8 Å². The highest BCUT2D eigenvalue weighted by Crippen LogP contribution is 2.40. The van der Waals surface area contributed by atoms with E-state index in [0.29, 0.717) is 25.6 Å². The molecule has 2 aliphatic rings. The van der Waals surface area contributed by atoms with E-state index >= 15 is 0 Å². The molecule has 0 bridgehead atoms. The first-order chi connectivity index (χ1) is 11.6. The number of aromatic nitrogens is 2. The van der Waals surface area contributed by atoms with Crippen molar-refractivity contribution < 1.29 is 9.59 Å². The molecule has 3 atom stereocenters. The lowest BCUT2D eigenvalue weighted by Gasteiger charge is -2.33. The molecule has 126 valence electrons. The zero-order chi connectivity index (χ0) is 16.7. The van der Waals surface area contributed by atoms with Gasteiger partial charge in [0, 0.05) is 17.0 Å². The molecule has 0 saturated heterocycles. The average Bonchev–Trinajstić information content (AvgIpc) is 3.01. The van der Waals surface area contributed by atoms with Crippen LogP contribution in [0.25, 0.3) is 0 Å². The van der Waals surface area contributed by atoms with Crippen LogP contribution in [0.2, 0.25) is 0 Å². The van der Waals surface area contributed by atoms with E-state index in [1.165, 1.54) is 0 Å². The standard InChI is InChI=1S/C17H20N4O2S/c1-11-7-14(11)17(23)20-9-12-4-5-19-21(12)15(10-20)16(22)18-8-13-3-2-6-24-13/h2-6,11,14-15H,7-10H2,1H3,(H,18,22)/t11-,14+,15+/m1/s1. The van der Waals surface area contributed by atoms with Gasteiger partial charge in [0.2, 0.25) is 11.8 Å². The molecule has 7 heteroatoms. The zero-order valence-corrected chi connectivity index (χ0v) is 14.3. The summed E-state index contributed by atoms with van der Waals surface area (Å²) in [4.78, 5) is 28.2. The van der Waals surface area contributed by atoms with Crippen LogP contribution in [-0.4, -0.2) is 33.0 Å². The van der Waals surface area contributed by atoms with E-state index in [9.17, 15) is 9.59 Å². The first-order valence-electron chi connectivity index (χ1n) is 8.24. The monoisotopic (exact) mass is 344 g/mol. The molecule has 1 N–H and O–H groups in total. The van der Waals surface area contributed by atoms with Crippen molar-refractivity contribution in [1.29, 1.82) is 0 Å². The summed E-state index contributed by atoms with van der Waals surface area (Å²) in [5.74, 6) is 0.686. The Morgan fingerprint density at radius 3 is 2.96 bits per heavy atom. The number of amides is 2. The first kappa shape index (κ1) is 15.4. The predicted molar refractivity (Wildman–Crippen MR) is 90.1 cm³/mol. The van der Waals surface area contributed by atoms with Gasteiger partial charge in [-0.1, -0.05) is 13.0 Å². The summed E-state index contributed by atoms with van der Waals surface area (Å²) < 4.78 is 1.75. The van der Waals surface area contributed by atoms with Crippen molar-refractivity contribution in [2.75, 3.05) is 6.54 Å². The number of hydrogen-bond acceptors (Lipinski definition) is 4. The highest BCUT2D eigenvalue weighted by Gasteiger charge is 2.44. The highest BCUT2D eigenvalue weighted by atomic mass is 32.1. The molecule has 6 nitrogen and oxygen atoms in total. The largest absolute Gasteiger partial charge is 0.349 e. The summed E-state index contributed by atoms with van der Waals surface area (Å²) in [7, 11) is 0. The third-order valence-electron chi connectivity index (χ3n) is 4.85. The summed E-state index contributed by atoms with van der Waals surface area (Å²) in [5, 5.41) is 9.26. The van der Waals surface area contributed by atoms with Crippen LogP contribution in [0.15, 0.2) is 29.8 Å². The van der Waals surface area contributed by atoms with Crippen molar-refractivity contribution in [3.8, 4) is 0 Å². The van der Waals surface area contributed by atoms with Crippen LogP contribution in [0.4, 0.5) is 0 Å².